The number of thioether (sulfide) groups is 1. The molecule has 6 heteroatoms. The average Bonchev–Trinajstić information content (AvgIpc) is 2.28. The zero-order valence-electron chi connectivity index (χ0n) is 11.0. The van der Waals surface area contributed by atoms with Gasteiger partial charge in [0.2, 0.25) is 10.0 Å². The predicted molar refractivity (Wildman–Crippen MR) is 77.2 cm³/mol. The summed E-state index contributed by atoms with van der Waals surface area (Å²) in [7, 11) is -3.04. The fourth-order valence-corrected chi connectivity index (χ4v) is 3.07. The Morgan fingerprint density at radius 1 is 1.06 bits per heavy atom. The minimum absolute atomic E-state index is 0.251. The molecular weight excluding hydrogens is 256 g/mol. The van der Waals surface area contributed by atoms with Crippen molar-refractivity contribution in [3.63, 3.8) is 0 Å². The zero-order valence-corrected chi connectivity index (χ0v) is 12.6. The molecule has 0 radical (unpaired) electrons. The zero-order chi connectivity index (χ0) is 13.0. The van der Waals surface area contributed by atoms with Gasteiger partial charge in [0, 0.05) is 6.54 Å². The molecule has 0 aromatic rings. The first-order valence-corrected chi connectivity index (χ1v) is 9.34. The lowest BCUT2D eigenvalue weighted by Gasteiger charge is -2.06. The second kappa shape index (κ2) is 11.3. The Bertz CT molecular complexity index is 236. The maximum absolute atomic E-state index is 11.6. The summed E-state index contributed by atoms with van der Waals surface area (Å²) in [5, 5.41) is 3.18. The Balaban J connectivity index is 3.46. The van der Waals surface area contributed by atoms with Crippen molar-refractivity contribution in [2.45, 2.75) is 32.6 Å². The van der Waals surface area contributed by atoms with Gasteiger partial charge in [-0.15, -0.1) is 0 Å². The number of sulfonamides is 1. The lowest BCUT2D eigenvalue weighted by molar-refractivity contribution is 0.571. The van der Waals surface area contributed by atoms with Crippen LogP contribution < -0.4 is 10.0 Å². The summed E-state index contributed by atoms with van der Waals surface area (Å²) in [6.07, 6.45) is 5.71. The van der Waals surface area contributed by atoms with Crippen molar-refractivity contribution in [1.82, 2.24) is 10.0 Å². The predicted octanol–water partition coefficient (Wildman–Crippen LogP) is 1.44. The third-order valence-electron chi connectivity index (χ3n) is 2.36. The van der Waals surface area contributed by atoms with E-state index in [0.29, 0.717) is 6.54 Å². The lowest BCUT2D eigenvalue weighted by Crippen LogP contribution is -2.28. The van der Waals surface area contributed by atoms with E-state index >= 15 is 0 Å². The molecule has 0 aromatic carbocycles. The molecule has 0 saturated carbocycles. The fraction of sp³-hybridized carbons (Fsp3) is 1.00. The second-order valence-corrected chi connectivity index (χ2v) is 6.89. The Morgan fingerprint density at radius 2 is 1.76 bits per heavy atom. The molecule has 0 aliphatic carbocycles. The van der Waals surface area contributed by atoms with Gasteiger partial charge in [-0.1, -0.05) is 6.92 Å². The van der Waals surface area contributed by atoms with Crippen molar-refractivity contribution in [3.05, 3.63) is 0 Å². The summed E-state index contributed by atoms with van der Waals surface area (Å²) in [4.78, 5) is 0. The molecule has 104 valence electrons. The third kappa shape index (κ3) is 12.5. The summed E-state index contributed by atoms with van der Waals surface area (Å²) in [5.41, 5.74) is 0. The van der Waals surface area contributed by atoms with Crippen molar-refractivity contribution in [2.24, 2.45) is 0 Å². The standard InChI is InChI=1S/C11H26N2O2S2/c1-3-12-8-5-7-11-17(14,15)13-9-4-6-10-16-2/h12-13H,3-11H2,1-2H3. The first-order chi connectivity index (χ1) is 8.12. The molecule has 0 aliphatic heterocycles. The molecule has 2 N–H and O–H groups in total. The van der Waals surface area contributed by atoms with Crippen molar-refractivity contribution in [1.29, 1.82) is 0 Å². The van der Waals surface area contributed by atoms with Crippen LogP contribution >= 0.6 is 11.8 Å². The van der Waals surface area contributed by atoms with Gasteiger partial charge in [0.05, 0.1) is 5.75 Å². The molecule has 0 unspecified atom stereocenters. The summed E-state index contributed by atoms with van der Waals surface area (Å²) in [6.45, 7) is 4.48. The topological polar surface area (TPSA) is 58.2 Å². The summed E-state index contributed by atoms with van der Waals surface area (Å²) < 4.78 is 25.8. The Kier molecular flexibility index (Phi) is 11.5. The van der Waals surface area contributed by atoms with E-state index in [0.717, 1.165) is 44.5 Å². The number of unbranched alkanes of at least 4 members (excludes halogenated alkanes) is 2. The van der Waals surface area contributed by atoms with Gasteiger partial charge in [0.1, 0.15) is 0 Å². The first kappa shape index (κ1) is 17.2. The van der Waals surface area contributed by atoms with Crippen LogP contribution in [0.2, 0.25) is 0 Å². The van der Waals surface area contributed by atoms with E-state index in [1.54, 1.807) is 11.8 Å². The Hall–Kier alpha value is 0.220. The highest BCUT2D eigenvalue weighted by Gasteiger charge is 2.08. The van der Waals surface area contributed by atoms with E-state index in [9.17, 15) is 8.42 Å². The minimum atomic E-state index is -3.04. The Labute approximate surface area is 110 Å². The second-order valence-electron chi connectivity index (χ2n) is 3.97. The Morgan fingerprint density at radius 3 is 2.41 bits per heavy atom. The summed E-state index contributed by atoms with van der Waals surface area (Å²) >= 11 is 1.80. The van der Waals surface area contributed by atoms with Crippen LogP contribution in [-0.2, 0) is 10.0 Å². The van der Waals surface area contributed by atoms with Crippen LogP contribution in [-0.4, -0.2) is 45.8 Å². The molecule has 4 nitrogen and oxygen atoms in total. The molecule has 0 rings (SSSR count). The molecule has 0 aliphatic rings. The molecule has 0 aromatic heterocycles. The average molecular weight is 282 g/mol. The normalized spacial score (nSPS) is 11.9. The van der Waals surface area contributed by atoms with E-state index in [1.165, 1.54) is 0 Å². The van der Waals surface area contributed by atoms with Crippen LogP contribution in [0.4, 0.5) is 0 Å². The number of rotatable bonds is 12. The van der Waals surface area contributed by atoms with Crippen molar-refractivity contribution >= 4 is 21.8 Å². The molecular formula is C11H26N2O2S2. The van der Waals surface area contributed by atoms with Crippen LogP contribution in [0.5, 0.6) is 0 Å². The van der Waals surface area contributed by atoms with Crippen LogP contribution in [0.1, 0.15) is 32.6 Å². The number of hydrogen-bond acceptors (Lipinski definition) is 4. The van der Waals surface area contributed by atoms with Gasteiger partial charge in [0.25, 0.3) is 0 Å². The maximum atomic E-state index is 11.6. The van der Waals surface area contributed by atoms with E-state index < -0.39 is 10.0 Å². The van der Waals surface area contributed by atoms with Crippen LogP contribution in [0.15, 0.2) is 0 Å². The van der Waals surface area contributed by atoms with Crippen molar-refractivity contribution < 1.29 is 8.42 Å². The van der Waals surface area contributed by atoms with Crippen LogP contribution in [0.25, 0.3) is 0 Å². The van der Waals surface area contributed by atoms with Gasteiger partial charge in [-0.2, -0.15) is 11.8 Å². The minimum Gasteiger partial charge on any atom is -0.317 e. The fourth-order valence-electron chi connectivity index (χ4n) is 1.39. The van der Waals surface area contributed by atoms with Crippen LogP contribution in [0.3, 0.4) is 0 Å². The van der Waals surface area contributed by atoms with Gasteiger partial charge in [0.15, 0.2) is 0 Å². The number of hydrogen-bond donors (Lipinski definition) is 2. The molecule has 0 saturated heterocycles. The van der Waals surface area contributed by atoms with Gasteiger partial charge < -0.3 is 5.32 Å². The molecule has 0 bridgehead atoms. The molecule has 0 amide bonds. The van der Waals surface area contributed by atoms with Gasteiger partial charge in [-0.3, -0.25) is 0 Å². The summed E-state index contributed by atoms with van der Waals surface area (Å²) in [5.74, 6) is 1.35. The molecule has 0 heterocycles. The molecule has 0 atom stereocenters. The quantitative estimate of drug-likeness (QED) is 0.532. The van der Waals surface area contributed by atoms with E-state index in [-0.39, 0.29) is 5.75 Å². The highest BCUT2D eigenvalue weighted by molar-refractivity contribution is 7.98. The summed E-state index contributed by atoms with van der Waals surface area (Å²) in [6, 6.07) is 0. The van der Waals surface area contributed by atoms with Gasteiger partial charge in [-0.25, -0.2) is 13.1 Å². The molecule has 17 heavy (non-hydrogen) atoms. The van der Waals surface area contributed by atoms with E-state index in [1.807, 2.05) is 6.92 Å². The molecule has 0 fully saturated rings. The van der Waals surface area contributed by atoms with E-state index in [2.05, 4.69) is 16.3 Å². The smallest absolute Gasteiger partial charge is 0.211 e. The highest BCUT2D eigenvalue weighted by Crippen LogP contribution is 1.99. The van der Waals surface area contributed by atoms with Gasteiger partial charge >= 0.3 is 0 Å². The first-order valence-electron chi connectivity index (χ1n) is 6.29. The monoisotopic (exact) mass is 282 g/mol. The van der Waals surface area contributed by atoms with Crippen molar-refractivity contribution in [3.8, 4) is 0 Å². The lowest BCUT2D eigenvalue weighted by atomic mass is 10.3. The largest absolute Gasteiger partial charge is 0.317 e. The highest BCUT2D eigenvalue weighted by atomic mass is 32.2. The molecule has 0 spiro atoms. The van der Waals surface area contributed by atoms with E-state index in [4.69, 9.17) is 0 Å². The maximum Gasteiger partial charge on any atom is 0.211 e. The SMILES string of the molecule is CCNCCCCS(=O)(=O)NCCCCSC. The van der Waals surface area contributed by atoms with Crippen LogP contribution in [0, 0.1) is 0 Å². The van der Waals surface area contributed by atoms with Gasteiger partial charge in [-0.05, 0) is 50.8 Å². The third-order valence-corrected chi connectivity index (χ3v) is 4.53. The number of nitrogens with one attached hydrogen (secondary N) is 2. The van der Waals surface area contributed by atoms with Crippen molar-refractivity contribution in [2.75, 3.05) is 37.4 Å².